The maximum Gasteiger partial charge on any atom is 0.314 e. The van der Waals surface area contributed by atoms with E-state index < -0.39 is 5.60 Å². The molecule has 3 rings (SSSR count). The molecule has 1 aromatic rings. The zero-order valence-electron chi connectivity index (χ0n) is 14.2. The van der Waals surface area contributed by atoms with Crippen LogP contribution < -0.4 is 10.6 Å². The molecule has 1 unspecified atom stereocenters. The number of nitrogens with one attached hydrogen (secondary N) is 2. The molecule has 132 valence electrons. The lowest BCUT2D eigenvalue weighted by atomic mass is 9.80. The van der Waals surface area contributed by atoms with Crippen LogP contribution in [0.2, 0.25) is 0 Å². The van der Waals surface area contributed by atoms with Crippen molar-refractivity contribution in [3.63, 3.8) is 0 Å². The first-order valence-electron chi connectivity index (χ1n) is 9.10. The molecule has 0 saturated heterocycles. The molecule has 2 aliphatic rings. The van der Waals surface area contributed by atoms with Gasteiger partial charge >= 0.3 is 6.03 Å². The van der Waals surface area contributed by atoms with Gasteiger partial charge in [0.05, 0.1) is 11.7 Å². The zero-order chi connectivity index (χ0) is 16.8. The second-order valence-corrected chi connectivity index (χ2v) is 6.99. The molecule has 2 amide bonds. The number of ether oxygens (including phenoxy) is 1. The first kappa shape index (κ1) is 17.2. The number of amides is 2. The van der Waals surface area contributed by atoms with Crippen molar-refractivity contribution >= 4 is 6.03 Å². The summed E-state index contributed by atoms with van der Waals surface area (Å²) in [6.07, 6.45) is 6.97. The van der Waals surface area contributed by atoms with Gasteiger partial charge in [-0.2, -0.15) is 0 Å². The molecule has 24 heavy (non-hydrogen) atoms. The molecule has 0 spiro atoms. The van der Waals surface area contributed by atoms with E-state index in [9.17, 15) is 9.90 Å². The third kappa shape index (κ3) is 4.48. The van der Waals surface area contributed by atoms with Gasteiger partial charge in [0.15, 0.2) is 0 Å². The largest absolute Gasteiger partial charge is 0.388 e. The molecule has 0 aliphatic heterocycles. The minimum atomic E-state index is -0.672. The van der Waals surface area contributed by atoms with Crippen molar-refractivity contribution in [1.29, 1.82) is 0 Å². The highest BCUT2D eigenvalue weighted by Gasteiger charge is 2.34. The lowest BCUT2D eigenvalue weighted by Gasteiger charge is -2.36. The highest BCUT2D eigenvalue weighted by molar-refractivity contribution is 5.73. The SMILES string of the molecule is O=C(NCCCOC1CCCc2ccccc21)NCC1(O)CCC1. The summed E-state index contributed by atoms with van der Waals surface area (Å²) < 4.78 is 6.02. The monoisotopic (exact) mass is 332 g/mol. The van der Waals surface area contributed by atoms with Crippen LogP contribution in [0.1, 0.15) is 55.8 Å². The third-order valence-corrected chi connectivity index (χ3v) is 5.10. The van der Waals surface area contributed by atoms with E-state index in [-0.39, 0.29) is 12.1 Å². The maximum atomic E-state index is 11.7. The summed E-state index contributed by atoms with van der Waals surface area (Å²) in [5, 5.41) is 15.5. The van der Waals surface area contributed by atoms with Gasteiger partial charge in [-0.15, -0.1) is 0 Å². The molecule has 3 N–H and O–H groups in total. The predicted molar refractivity (Wildman–Crippen MR) is 92.9 cm³/mol. The molecule has 1 saturated carbocycles. The number of carbonyl (C=O) groups is 1. The highest BCUT2D eigenvalue weighted by Crippen LogP contribution is 2.32. The molecular formula is C19H28N2O3. The molecule has 0 bridgehead atoms. The Morgan fingerprint density at radius 1 is 1.25 bits per heavy atom. The quantitative estimate of drug-likeness (QED) is 0.672. The number of rotatable bonds is 7. The van der Waals surface area contributed by atoms with E-state index in [1.165, 1.54) is 17.5 Å². The summed E-state index contributed by atoms with van der Waals surface area (Å²) >= 11 is 0. The van der Waals surface area contributed by atoms with Crippen LogP contribution in [0.15, 0.2) is 24.3 Å². The Morgan fingerprint density at radius 2 is 2.08 bits per heavy atom. The molecule has 1 aromatic carbocycles. The number of hydrogen-bond donors (Lipinski definition) is 3. The van der Waals surface area contributed by atoms with Crippen molar-refractivity contribution in [2.24, 2.45) is 0 Å². The van der Waals surface area contributed by atoms with E-state index in [0.29, 0.717) is 19.7 Å². The van der Waals surface area contributed by atoms with E-state index in [4.69, 9.17) is 4.74 Å². The lowest BCUT2D eigenvalue weighted by Crippen LogP contribution is -2.50. The fourth-order valence-electron chi connectivity index (χ4n) is 3.45. The van der Waals surface area contributed by atoms with E-state index in [2.05, 4.69) is 34.9 Å². The average molecular weight is 332 g/mol. The van der Waals surface area contributed by atoms with Crippen LogP contribution in [0.5, 0.6) is 0 Å². The Hall–Kier alpha value is -1.59. The van der Waals surface area contributed by atoms with Gasteiger partial charge in [-0.05, 0) is 56.1 Å². The Bertz CT molecular complexity index is 557. The van der Waals surface area contributed by atoms with Gasteiger partial charge in [-0.3, -0.25) is 0 Å². The van der Waals surface area contributed by atoms with E-state index in [1.807, 2.05) is 0 Å². The first-order chi connectivity index (χ1) is 11.7. The number of benzene rings is 1. The summed E-state index contributed by atoms with van der Waals surface area (Å²) in [6, 6.07) is 8.30. The van der Waals surface area contributed by atoms with Crippen LogP contribution in [0.3, 0.4) is 0 Å². The minimum Gasteiger partial charge on any atom is -0.388 e. The molecule has 5 nitrogen and oxygen atoms in total. The molecular weight excluding hydrogens is 304 g/mol. The Kier molecular flexibility index (Phi) is 5.74. The van der Waals surface area contributed by atoms with Gasteiger partial charge in [0.25, 0.3) is 0 Å². The lowest BCUT2D eigenvalue weighted by molar-refractivity contribution is -0.0290. The van der Waals surface area contributed by atoms with Crippen molar-refractivity contribution < 1.29 is 14.6 Å². The average Bonchev–Trinajstić information content (AvgIpc) is 2.58. The second-order valence-electron chi connectivity index (χ2n) is 6.99. The number of aryl methyl sites for hydroxylation is 1. The summed E-state index contributed by atoms with van der Waals surface area (Å²) in [7, 11) is 0. The van der Waals surface area contributed by atoms with Gasteiger partial charge in [0.2, 0.25) is 0 Å². The van der Waals surface area contributed by atoms with Crippen molar-refractivity contribution in [1.82, 2.24) is 10.6 Å². The van der Waals surface area contributed by atoms with Gasteiger partial charge < -0.3 is 20.5 Å². The summed E-state index contributed by atoms with van der Waals surface area (Å²) in [5.74, 6) is 0. The minimum absolute atomic E-state index is 0.191. The maximum absolute atomic E-state index is 11.7. The predicted octanol–water partition coefficient (Wildman–Crippen LogP) is 2.68. The Morgan fingerprint density at radius 3 is 2.88 bits per heavy atom. The molecule has 5 heteroatoms. The normalized spacial score (nSPS) is 21.5. The standard InChI is InChI=1S/C19H28N2O3/c22-18(21-14-19(23)10-4-11-19)20-12-5-13-24-17-9-3-7-15-6-1-2-8-16(15)17/h1-2,6,8,17,23H,3-5,7,9-14H2,(H2,20,21,22). The van der Waals surface area contributed by atoms with Crippen LogP contribution in [-0.4, -0.2) is 36.4 Å². The summed E-state index contributed by atoms with van der Waals surface area (Å²) in [6.45, 7) is 1.57. The van der Waals surface area contributed by atoms with Crippen LogP contribution in [0.25, 0.3) is 0 Å². The number of aliphatic hydroxyl groups is 1. The zero-order valence-corrected chi connectivity index (χ0v) is 14.2. The number of fused-ring (bicyclic) bond motifs is 1. The fourth-order valence-corrected chi connectivity index (χ4v) is 3.45. The van der Waals surface area contributed by atoms with Crippen LogP contribution in [-0.2, 0) is 11.2 Å². The van der Waals surface area contributed by atoms with E-state index in [1.54, 1.807) is 0 Å². The Labute approximate surface area is 143 Å². The van der Waals surface area contributed by atoms with Gasteiger partial charge in [-0.1, -0.05) is 24.3 Å². The van der Waals surface area contributed by atoms with Crippen LogP contribution >= 0.6 is 0 Å². The molecule has 1 fully saturated rings. The van der Waals surface area contributed by atoms with Gasteiger partial charge in [0, 0.05) is 19.7 Å². The van der Waals surface area contributed by atoms with E-state index >= 15 is 0 Å². The second kappa shape index (κ2) is 7.99. The first-order valence-corrected chi connectivity index (χ1v) is 9.10. The number of carbonyl (C=O) groups excluding carboxylic acids is 1. The molecule has 2 aliphatic carbocycles. The third-order valence-electron chi connectivity index (χ3n) is 5.10. The van der Waals surface area contributed by atoms with Crippen molar-refractivity contribution in [2.75, 3.05) is 19.7 Å². The highest BCUT2D eigenvalue weighted by atomic mass is 16.5. The van der Waals surface area contributed by atoms with Crippen LogP contribution in [0.4, 0.5) is 4.79 Å². The number of urea groups is 1. The van der Waals surface area contributed by atoms with E-state index in [0.717, 1.165) is 38.5 Å². The van der Waals surface area contributed by atoms with Crippen LogP contribution in [0, 0.1) is 0 Å². The number of hydrogen-bond acceptors (Lipinski definition) is 3. The van der Waals surface area contributed by atoms with Gasteiger partial charge in [0.1, 0.15) is 0 Å². The molecule has 0 heterocycles. The van der Waals surface area contributed by atoms with Crippen molar-refractivity contribution in [3.05, 3.63) is 35.4 Å². The molecule has 0 radical (unpaired) electrons. The van der Waals surface area contributed by atoms with Crippen molar-refractivity contribution in [3.8, 4) is 0 Å². The summed E-state index contributed by atoms with van der Waals surface area (Å²) in [4.78, 5) is 11.7. The van der Waals surface area contributed by atoms with Gasteiger partial charge in [-0.25, -0.2) is 4.79 Å². The topological polar surface area (TPSA) is 70.6 Å². The smallest absolute Gasteiger partial charge is 0.314 e. The van der Waals surface area contributed by atoms with Crippen molar-refractivity contribution in [2.45, 2.75) is 56.7 Å². The fraction of sp³-hybridized carbons (Fsp3) is 0.632. The molecule has 0 aromatic heterocycles. The molecule has 1 atom stereocenters. The Balaban J connectivity index is 1.30. The summed E-state index contributed by atoms with van der Waals surface area (Å²) in [5.41, 5.74) is 2.05.